The van der Waals surface area contributed by atoms with Crippen molar-refractivity contribution in [3.63, 3.8) is 0 Å². The molecule has 0 aliphatic rings. The molecule has 2 nitrogen and oxygen atoms in total. The highest BCUT2D eigenvalue weighted by atomic mass is 79.9. The van der Waals surface area contributed by atoms with Gasteiger partial charge in [-0.3, -0.25) is 4.68 Å². The van der Waals surface area contributed by atoms with E-state index in [2.05, 4.69) is 54.1 Å². The molecule has 0 aliphatic carbocycles. The van der Waals surface area contributed by atoms with E-state index in [1.54, 1.807) is 0 Å². The first kappa shape index (κ1) is 10.8. The van der Waals surface area contributed by atoms with E-state index in [9.17, 15) is 0 Å². The number of hydrogen-bond donors (Lipinski definition) is 0. The van der Waals surface area contributed by atoms with Gasteiger partial charge in [-0.2, -0.15) is 5.10 Å². The Morgan fingerprint density at radius 1 is 1.46 bits per heavy atom. The maximum atomic E-state index is 4.48. The molecule has 74 valence electrons. The molecule has 0 saturated carbocycles. The molecule has 1 rings (SSSR count). The molecular formula is C10H17BrN2. The standard InChI is InChI=1S/C10H17BrN2/c1-8(2)13-7-6-10(12-13)5-4-9(3)11/h6-9H,4-5H2,1-3H3. The van der Waals surface area contributed by atoms with Crippen LogP contribution in [0.2, 0.25) is 0 Å². The topological polar surface area (TPSA) is 17.8 Å². The van der Waals surface area contributed by atoms with Gasteiger partial charge >= 0.3 is 0 Å². The summed E-state index contributed by atoms with van der Waals surface area (Å²) >= 11 is 3.53. The summed E-state index contributed by atoms with van der Waals surface area (Å²) in [4.78, 5) is 0.580. The normalized spacial score (nSPS) is 13.6. The van der Waals surface area contributed by atoms with Crippen LogP contribution in [0.15, 0.2) is 12.3 Å². The van der Waals surface area contributed by atoms with Gasteiger partial charge in [0, 0.05) is 17.1 Å². The van der Waals surface area contributed by atoms with Gasteiger partial charge in [-0.1, -0.05) is 22.9 Å². The Labute approximate surface area is 88.5 Å². The molecule has 0 saturated heterocycles. The number of halogens is 1. The molecule has 0 radical (unpaired) electrons. The third-order valence-corrected chi connectivity index (χ3v) is 2.45. The molecule has 1 aromatic heterocycles. The van der Waals surface area contributed by atoms with Crippen LogP contribution in [-0.2, 0) is 6.42 Å². The van der Waals surface area contributed by atoms with Crippen molar-refractivity contribution in [2.75, 3.05) is 0 Å². The molecule has 0 amide bonds. The lowest BCUT2D eigenvalue weighted by molar-refractivity contribution is 0.525. The van der Waals surface area contributed by atoms with E-state index in [0.717, 1.165) is 12.8 Å². The monoisotopic (exact) mass is 244 g/mol. The lowest BCUT2D eigenvalue weighted by atomic mass is 10.2. The lowest BCUT2D eigenvalue weighted by Gasteiger charge is -2.04. The largest absolute Gasteiger partial charge is 0.270 e. The van der Waals surface area contributed by atoms with Crippen molar-refractivity contribution in [3.05, 3.63) is 18.0 Å². The van der Waals surface area contributed by atoms with Crippen molar-refractivity contribution < 1.29 is 0 Å². The van der Waals surface area contributed by atoms with Crippen molar-refractivity contribution in [2.24, 2.45) is 0 Å². The number of aryl methyl sites for hydroxylation is 1. The molecule has 1 heterocycles. The van der Waals surface area contributed by atoms with E-state index in [0.29, 0.717) is 10.9 Å². The van der Waals surface area contributed by atoms with Crippen LogP contribution in [0.1, 0.15) is 38.9 Å². The number of rotatable bonds is 4. The Morgan fingerprint density at radius 3 is 2.62 bits per heavy atom. The van der Waals surface area contributed by atoms with Gasteiger partial charge < -0.3 is 0 Å². The zero-order chi connectivity index (χ0) is 9.84. The summed E-state index contributed by atoms with van der Waals surface area (Å²) in [6.45, 7) is 6.45. The zero-order valence-corrected chi connectivity index (χ0v) is 10.1. The van der Waals surface area contributed by atoms with Crippen molar-refractivity contribution in [3.8, 4) is 0 Å². The third-order valence-electron chi connectivity index (χ3n) is 1.99. The van der Waals surface area contributed by atoms with E-state index < -0.39 is 0 Å². The molecule has 0 bridgehead atoms. The second-order valence-corrected chi connectivity index (χ2v) is 5.26. The van der Waals surface area contributed by atoms with Gasteiger partial charge in [0.1, 0.15) is 0 Å². The second-order valence-electron chi connectivity index (χ2n) is 3.70. The van der Waals surface area contributed by atoms with Crippen LogP contribution in [0.4, 0.5) is 0 Å². The Kier molecular flexibility index (Phi) is 3.97. The van der Waals surface area contributed by atoms with Crippen LogP contribution >= 0.6 is 15.9 Å². The van der Waals surface area contributed by atoms with Crippen molar-refractivity contribution in [2.45, 2.75) is 44.5 Å². The lowest BCUT2D eigenvalue weighted by Crippen LogP contribution is -2.02. The summed E-state index contributed by atoms with van der Waals surface area (Å²) in [7, 11) is 0. The van der Waals surface area contributed by atoms with Crippen molar-refractivity contribution in [1.82, 2.24) is 9.78 Å². The predicted octanol–water partition coefficient (Wildman–Crippen LogP) is 3.18. The Morgan fingerprint density at radius 2 is 2.15 bits per heavy atom. The minimum Gasteiger partial charge on any atom is -0.270 e. The fourth-order valence-electron chi connectivity index (χ4n) is 1.15. The summed E-state index contributed by atoms with van der Waals surface area (Å²) in [5.41, 5.74) is 1.19. The van der Waals surface area contributed by atoms with Gasteiger partial charge in [0.05, 0.1) is 5.69 Å². The van der Waals surface area contributed by atoms with Gasteiger partial charge in [0.25, 0.3) is 0 Å². The van der Waals surface area contributed by atoms with Crippen molar-refractivity contribution in [1.29, 1.82) is 0 Å². The van der Waals surface area contributed by atoms with Gasteiger partial charge in [-0.05, 0) is 32.8 Å². The molecule has 0 aromatic carbocycles. The van der Waals surface area contributed by atoms with Crippen LogP contribution < -0.4 is 0 Å². The summed E-state index contributed by atoms with van der Waals surface area (Å²) in [5.74, 6) is 0. The Bertz CT molecular complexity index is 253. The van der Waals surface area contributed by atoms with E-state index in [1.807, 2.05) is 4.68 Å². The van der Waals surface area contributed by atoms with Gasteiger partial charge in [0.2, 0.25) is 0 Å². The Balaban J connectivity index is 2.49. The number of nitrogens with zero attached hydrogens (tertiary/aromatic N) is 2. The maximum absolute atomic E-state index is 4.48. The number of aromatic nitrogens is 2. The average molecular weight is 245 g/mol. The van der Waals surface area contributed by atoms with Crippen molar-refractivity contribution >= 4 is 15.9 Å². The minimum absolute atomic E-state index is 0.468. The van der Waals surface area contributed by atoms with E-state index in [1.165, 1.54) is 5.69 Å². The molecule has 1 unspecified atom stereocenters. The predicted molar refractivity (Wildman–Crippen MR) is 59.3 cm³/mol. The summed E-state index contributed by atoms with van der Waals surface area (Å²) in [6.07, 6.45) is 4.26. The smallest absolute Gasteiger partial charge is 0.0625 e. The van der Waals surface area contributed by atoms with E-state index >= 15 is 0 Å². The molecule has 0 spiro atoms. The highest BCUT2D eigenvalue weighted by molar-refractivity contribution is 9.09. The molecule has 0 fully saturated rings. The Hall–Kier alpha value is -0.310. The molecule has 3 heteroatoms. The average Bonchev–Trinajstić information content (AvgIpc) is 2.48. The van der Waals surface area contributed by atoms with E-state index in [-0.39, 0.29) is 0 Å². The van der Waals surface area contributed by atoms with Crippen LogP contribution in [0.5, 0.6) is 0 Å². The van der Waals surface area contributed by atoms with E-state index in [4.69, 9.17) is 0 Å². The van der Waals surface area contributed by atoms with Gasteiger partial charge in [-0.15, -0.1) is 0 Å². The fraction of sp³-hybridized carbons (Fsp3) is 0.700. The van der Waals surface area contributed by atoms with Crippen LogP contribution in [0, 0.1) is 0 Å². The highest BCUT2D eigenvalue weighted by Crippen LogP contribution is 2.10. The zero-order valence-electron chi connectivity index (χ0n) is 8.50. The maximum Gasteiger partial charge on any atom is 0.0625 e. The third kappa shape index (κ3) is 3.51. The van der Waals surface area contributed by atoms with Crippen LogP contribution in [0.3, 0.4) is 0 Å². The first-order valence-electron chi connectivity index (χ1n) is 4.77. The van der Waals surface area contributed by atoms with Crippen LogP contribution in [0.25, 0.3) is 0 Å². The highest BCUT2D eigenvalue weighted by Gasteiger charge is 2.03. The minimum atomic E-state index is 0.468. The number of hydrogen-bond acceptors (Lipinski definition) is 1. The molecular weight excluding hydrogens is 228 g/mol. The molecule has 0 aliphatic heterocycles. The molecule has 13 heavy (non-hydrogen) atoms. The first-order valence-corrected chi connectivity index (χ1v) is 5.69. The molecule has 1 atom stereocenters. The summed E-state index contributed by atoms with van der Waals surface area (Å²) in [6, 6.07) is 2.57. The number of alkyl halides is 1. The summed E-state index contributed by atoms with van der Waals surface area (Å²) in [5, 5.41) is 4.48. The quantitative estimate of drug-likeness (QED) is 0.745. The molecule has 1 aromatic rings. The fourth-order valence-corrected chi connectivity index (χ4v) is 1.37. The summed E-state index contributed by atoms with van der Waals surface area (Å²) < 4.78 is 2.01. The van der Waals surface area contributed by atoms with Gasteiger partial charge in [0.15, 0.2) is 0 Å². The van der Waals surface area contributed by atoms with Gasteiger partial charge in [-0.25, -0.2) is 0 Å². The molecule has 0 N–H and O–H groups in total. The first-order chi connectivity index (χ1) is 6.09. The SMILES string of the molecule is CC(Br)CCc1ccn(C(C)C)n1. The second kappa shape index (κ2) is 4.80. The van der Waals surface area contributed by atoms with Crippen LogP contribution in [-0.4, -0.2) is 14.6 Å².